The number of rotatable bonds is 7. The van der Waals surface area contributed by atoms with Crippen LogP contribution in [0.15, 0.2) is 64.4 Å². The first-order valence-electron chi connectivity index (χ1n) is 13.2. The van der Waals surface area contributed by atoms with Crippen LogP contribution in [0.2, 0.25) is 0 Å². The first-order valence-corrected chi connectivity index (χ1v) is 16.9. The summed E-state index contributed by atoms with van der Waals surface area (Å²) in [5.74, 6) is -0.740. The maximum Gasteiger partial charge on any atom is 0.342 e. The number of likely N-dealkylation sites (tertiary alicyclic amines) is 1. The van der Waals surface area contributed by atoms with Crippen LogP contribution in [0.4, 0.5) is 4.39 Å². The number of hydrogen-bond donors (Lipinski definition) is 0. The molecule has 2 aliphatic heterocycles. The average Bonchev–Trinajstić information content (AvgIpc) is 3.30. The highest BCUT2D eigenvalue weighted by molar-refractivity contribution is 7.98. The Balaban J connectivity index is 1.53. The molecule has 0 amide bonds. The smallest absolute Gasteiger partial charge is 0.342 e. The van der Waals surface area contributed by atoms with Crippen LogP contribution >= 0.6 is 11.3 Å². The van der Waals surface area contributed by atoms with Crippen molar-refractivity contribution < 1.29 is 29.3 Å². The molecule has 0 radical (unpaired) electrons. The van der Waals surface area contributed by atoms with Gasteiger partial charge in [0.05, 0.1) is 4.88 Å². The number of hydrogen-bond acceptors (Lipinski definition) is 7. The molecule has 3 heterocycles. The molecule has 0 bridgehead atoms. The molecule has 0 saturated carbocycles. The molecule has 5 rings (SSSR count). The molecule has 2 aliphatic rings. The molecule has 1 atom stereocenters. The second-order valence-corrected chi connectivity index (χ2v) is 16.1. The van der Waals surface area contributed by atoms with Crippen LogP contribution in [0.25, 0.3) is 0 Å². The van der Waals surface area contributed by atoms with E-state index in [1.165, 1.54) is 29.5 Å². The number of sulfonamides is 2. The number of benzene rings is 2. The van der Waals surface area contributed by atoms with Crippen molar-refractivity contribution in [2.45, 2.75) is 68.5 Å². The molecular formula is C28H34FN2O5S3+. The summed E-state index contributed by atoms with van der Waals surface area (Å²) in [6.07, 6.45) is 2.10. The quantitative estimate of drug-likeness (QED) is 0.355. The number of ether oxygens (including phenoxy) is 1. The summed E-state index contributed by atoms with van der Waals surface area (Å²) in [5, 5.41) is 0.680. The topological polar surface area (TPSA) is 80.8 Å². The number of fused-ring (bicyclic) bond motifs is 1. The number of nitrogens with zero attached hydrogens (tertiary/aromatic N) is 2. The van der Waals surface area contributed by atoms with Gasteiger partial charge in [-0.05, 0) is 75.1 Å². The van der Waals surface area contributed by atoms with Gasteiger partial charge < -0.3 is 9.64 Å². The highest BCUT2D eigenvalue weighted by Crippen LogP contribution is 2.44. The van der Waals surface area contributed by atoms with Crippen molar-refractivity contribution in [3.63, 3.8) is 0 Å². The van der Waals surface area contributed by atoms with Crippen molar-refractivity contribution in [3.05, 3.63) is 76.4 Å². The third-order valence-electron chi connectivity index (χ3n) is 7.81. The maximum atomic E-state index is 14.3. The van der Waals surface area contributed by atoms with E-state index in [4.69, 9.17) is 4.74 Å². The van der Waals surface area contributed by atoms with Crippen LogP contribution in [0.5, 0.6) is 5.06 Å². The summed E-state index contributed by atoms with van der Waals surface area (Å²) in [5.41, 5.74) is 1.36. The molecule has 3 aromatic rings. The van der Waals surface area contributed by atoms with E-state index in [0.29, 0.717) is 21.5 Å². The Kier molecular flexibility index (Phi) is 7.66. The standard InChI is InChI=1S/C28H34FN2O5S3/c1-20(2)30-14-11-24(12-15-30)36-28-17-22-13-16-31(19-26(22)37-28,38(32,33)25-9-6-8-23(29)18-25)39(34,35)27-10-5-4-7-21(27)3/h4-10,17-18,20,24H,11-16,19H2,1-3H3/q+1. The number of quaternary nitrogens is 1. The molecule has 0 spiro atoms. The highest BCUT2D eigenvalue weighted by atomic mass is 32.3. The predicted octanol–water partition coefficient (Wildman–Crippen LogP) is 5.10. The van der Waals surface area contributed by atoms with Gasteiger partial charge in [-0.15, -0.1) is 3.29 Å². The van der Waals surface area contributed by atoms with Crippen LogP contribution < -0.4 is 4.74 Å². The van der Waals surface area contributed by atoms with Crippen LogP contribution in [-0.4, -0.2) is 56.8 Å². The predicted molar refractivity (Wildman–Crippen MR) is 149 cm³/mol. The van der Waals surface area contributed by atoms with E-state index < -0.39 is 29.2 Å². The van der Waals surface area contributed by atoms with Gasteiger partial charge in [-0.3, -0.25) is 0 Å². The lowest BCUT2D eigenvalue weighted by molar-refractivity contribution is -0.691. The van der Waals surface area contributed by atoms with E-state index in [1.54, 1.807) is 25.1 Å². The third kappa shape index (κ3) is 5.04. The Morgan fingerprint density at radius 1 is 1.00 bits per heavy atom. The van der Waals surface area contributed by atoms with Gasteiger partial charge in [-0.1, -0.05) is 35.6 Å². The fourth-order valence-corrected chi connectivity index (χ4v) is 11.6. The van der Waals surface area contributed by atoms with Crippen molar-refractivity contribution in [1.29, 1.82) is 0 Å². The lowest BCUT2D eigenvalue weighted by atomic mass is 10.1. The minimum atomic E-state index is -4.57. The molecule has 0 N–H and O–H groups in total. The number of thiophene rings is 1. The fourth-order valence-electron chi connectivity index (χ4n) is 5.49. The van der Waals surface area contributed by atoms with E-state index in [-0.39, 0.29) is 35.4 Å². The van der Waals surface area contributed by atoms with Gasteiger partial charge in [-0.25, -0.2) is 4.39 Å². The molecule has 2 aromatic carbocycles. The summed E-state index contributed by atoms with van der Waals surface area (Å²) < 4.78 is 76.3. The molecule has 1 aromatic heterocycles. The van der Waals surface area contributed by atoms with Gasteiger partial charge in [0.1, 0.15) is 34.8 Å². The molecule has 1 unspecified atom stereocenters. The van der Waals surface area contributed by atoms with Gasteiger partial charge in [0.15, 0.2) is 5.06 Å². The van der Waals surface area contributed by atoms with E-state index in [9.17, 15) is 21.2 Å². The zero-order valence-corrected chi connectivity index (χ0v) is 24.8. The van der Waals surface area contributed by atoms with Crippen LogP contribution in [0, 0.1) is 12.7 Å². The van der Waals surface area contributed by atoms with Crippen molar-refractivity contribution in [2.24, 2.45) is 0 Å². The minimum Gasteiger partial charge on any atom is -0.481 e. The van der Waals surface area contributed by atoms with E-state index in [2.05, 4.69) is 18.7 Å². The monoisotopic (exact) mass is 593 g/mol. The largest absolute Gasteiger partial charge is 0.481 e. The number of aryl methyl sites for hydroxylation is 1. The molecule has 1 fully saturated rings. The molecule has 0 aliphatic carbocycles. The van der Waals surface area contributed by atoms with Crippen molar-refractivity contribution in [3.8, 4) is 5.06 Å². The Labute approximate surface area is 234 Å². The minimum absolute atomic E-state index is 0.0432. The van der Waals surface area contributed by atoms with Gasteiger partial charge in [-0.2, -0.15) is 16.8 Å². The summed E-state index contributed by atoms with van der Waals surface area (Å²) in [6, 6.07) is 13.4. The SMILES string of the molecule is Cc1ccccc1S(=O)(=O)[N+]1(S(=O)(=O)c2cccc(F)c2)CCc2cc(OC3CCN(C(C)C)CC3)sc2C1. The number of halogens is 1. The van der Waals surface area contributed by atoms with E-state index >= 15 is 0 Å². The zero-order chi connectivity index (χ0) is 28.0. The first-order chi connectivity index (χ1) is 18.4. The Morgan fingerprint density at radius 3 is 2.38 bits per heavy atom. The second-order valence-electron chi connectivity index (χ2n) is 10.6. The van der Waals surface area contributed by atoms with Gasteiger partial charge in [0.2, 0.25) is 0 Å². The van der Waals surface area contributed by atoms with Crippen LogP contribution in [-0.2, 0) is 33.0 Å². The first kappa shape index (κ1) is 28.2. The Hall–Kier alpha value is -2.31. The lowest BCUT2D eigenvalue weighted by Crippen LogP contribution is -2.58. The van der Waals surface area contributed by atoms with Gasteiger partial charge >= 0.3 is 20.0 Å². The van der Waals surface area contributed by atoms with Crippen LogP contribution in [0.3, 0.4) is 0 Å². The molecule has 39 heavy (non-hydrogen) atoms. The highest BCUT2D eigenvalue weighted by Gasteiger charge is 2.57. The van der Waals surface area contributed by atoms with Gasteiger partial charge in [0.25, 0.3) is 0 Å². The summed E-state index contributed by atoms with van der Waals surface area (Å²) >= 11 is 1.31. The maximum absolute atomic E-state index is 14.3. The molecular weight excluding hydrogens is 560 g/mol. The summed E-state index contributed by atoms with van der Waals surface area (Å²) in [6.45, 7) is 7.46. The molecule has 1 saturated heterocycles. The molecule has 11 heteroatoms. The zero-order valence-electron chi connectivity index (χ0n) is 22.3. The Bertz CT molecular complexity index is 1580. The van der Waals surface area contributed by atoms with E-state index in [0.717, 1.165) is 43.6 Å². The normalized spacial score (nSPS) is 21.2. The fraction of sp³-hybridized carbons (Fsp3) is 0.429. The molecule has 210 valence electrons. The van der Waals surface area contributed by atoms with Crippen molar-refractivity contribution in [2.75, 3.05) is 19.6 Å². The van der Waals surface area contributed by atoms with Crippen molar-refractivity contribution >= 4 is 31.4 Å². The average molecular weight is 594 g/mol. The third-order valence-corrected chi connectivity index (χ3v) is 14.3. The molecule has 7 nitrogen and oxygen atoms in total. The second kappa shape index (κ2) is 10.6. The number of piperidine rings is 1. The van der Waals surface area contributed by atoms with Crippen molar-refractivity contribution in [1.82, 2.24) is 4.90 Å². The summed E-state index contributed by atoms with van der Waals surface area (Å²) in [7, 11) is -9.03. The summed E-state index contributed by atoms with van der Waals surface area (Å²) in [4.78, 5) is 2.68. The lowest BCUT2D eigenvalue weighted by Gasteiger charge is -2.37. The van der Waals surface area contributed by atoms with Crippen LogP contribution in [0.1, 0.15) is 42.7 Å². The van der Waals surface area contributed by atoms with E-state index in [1.807, 2.05) is 6.07 Å². The van der Waals surface area contributed by atoms with Gasteiger partial charge in [0, 0.05) is 25.6 Å². The Morgan fingerprint density at radius 2 is 1.72 bits per heavy atom.